The summed E-state index contributed by atoms with van der Waals surface area (Å²) in [5.74, 6) is 1.64. The van der Waals surface area contributed by atoms with Crippen LogP contribution in [0.1, 0.15) is 11.1 Å². The SMILES string of the molecule is COc1ccc(NCc2cc3cc4c(cc3n(CC(=O)Nc3cccc(C)c3)c2=O)OCCO4)cc1. The topological polar surface area (TPSA) is 90.8 Å². The number of fused-ring (bicyclic) bond motifs is 2. The van der Waals surface area contributed by atoms with Gasteiger partial charge in [-0.2, -0.15) is 0 Å². The van der Waals surface area contributed by atoms with Gasteiger partial charge in [-0.1, -0.05) is 12.1 Å². The van der Waals surface area contributed by atoms with E-state index in [4.69, 9.17) is 14.2 Å². The molecule has 3 aromatic carbocycles. The summed E-state index contributed by atoms with van der Waals surface area (Å²) >= 11 is 0. The van der Waals surface area contributed by atoms with E-state index in [-0.39, 0.29) is 24.6 Å². The van der Waals surface area contributed by atoms with Crippen LogP contribution in [-0.4, -0.2) is 30.8 Å². The monoisotopic (exact) mass is 485 g/mol. The largest absolute Gasteiger partial charge is 0.497 e. The molecule has 0 saturated heterocycles. The maximum Gasteiger partial charge on any atom is 0.256 e. The van der Waals surface area contributed by atoms with E-state index < -0.39 is 0 Å². The molecule has 4 aromatic rings. The zero-order valence-electron chi connectivity index (χ0n) is 20.2. The van der Waals surface area contributed by atoms with Gasteiger partial charge in [-0.15, -0.1) is 0 Å². The summed E-state index contributed by atoms with van der Waals surface area (Å²) in [5, 5.41) is 6.96. The summed E-state index contributed by atoms with van der Waals surface area (Å²) in [7, 11) is 1.61. The Morgan fingerprint density at radius 3 is 2.44 bits per heavy atom. The molecular formula is C28H27N3O5. The van der Waals surface area contributed by atoms with E-state index in [1.807, 2.05) is 67.6 Å². The number of nitrogens with one attached hydrogen (secondary N) is 2. The molecule has 2 heterocycles. The Bertz CT molecular complexity index is 1480. The molecule has 184 valence electrons. The van der Waals surface area contributed by atoms with Gasteiger partial charge in [-0.25, -0.2) is 0 Å². The predicted molar refractivity (Wildman–Crippen MR) is 139 cm³/mol. The van der Waals surface area contributed by atoms with Crippen LogP contribution >= 0.6 is 0 Å². The lowest BCUT2D eigenvalue weighted by Crippen LogP contribution is -2.31. The van der Waals surface area contributed by atoms with E-state index in [2.05, 4.69) is 10.6 Å². The Kier molecular flexibility index (Phi) is 6.49. The summed E-state index contributed by atoms with van der Waals surface area (Å²) in [6.45, 7) is 3.00. The number of carbonyl (C=O) groups excluding carboxylic acids is 1. The van der Waals surface area contributed by atoms with Gasteiger partial charge in [0.15, 0.2) is 11.5 Å². The van der Waals surface area contributed by atoms with Crippen molar-refractivity contribution in [2.45, 2.75) is 20.0 Å². The Balaban J connectivity index is 1.49. The first kappa shape index (κ1) is 23.3. The Hall–Kier alpha value is -4.46. The number of nitrogens with zero attached hydrogens (tertiary/aromatic N) is 1. The van der Waals surface area contributed by atoms with E-state index in [0.29, 0.717) is 41.5 Å². The maximum atomic E-state index is 13.6. The molecule has 0 saturated carbocycles. The minimum Gasteiger partial charge on any atom is -0.497 e. The molecule has 1 aromatic heterocycles. The standard InChI is InChI=1S/C28H27N3O5/c1-18-4-3-5-22(12-18)30-27(32)17-31-24-15-26-25(35-10-11-36-26)14-19(24)13-20(28(31)33)16-29-21-6-8-23(34-2)9-7-21/h3-9,12-15,29H,10-11,16-17H2,1-2H3,(H,30,32). The molecule has 0 aliphatic carbocycles. The van der Waals surface area contributed by atoms with Crippen LogP contribution in [0, 0.1) is 6.92 Å². The van der Waals surface area contributed by atoms with Crippen LogP contribution in [0.15, 0.2) is 71.5 Å². The molecule has 1 amide bonds. The average Bonchev–Trinajstić information content (AvgIpc) is 2.88. The highest BCUT2D eigenvalue weighted by molar-refractivity contribution is 5.92. The molecule has 0 spiro atoms. The van der Waals surface area contributed by atoms with Crippen molar-refractivity contribution in [2.75, 3.05) is 31.0 Å². The first-order valence-electron chi connectivity index (χ1n) is 11.7. The third-order valence-corrected chi connectivity index (χ3v) is 6.01. The number of hydrogen-bond acceptors (Lipinski definition) is 6. The maximum absolute atomic E-state index is 13.6. The highest BCUT2D eigenvalue weighted by Gasteiger charge is 2.18. The zero-order chi connectivity index (χ0) is 25.1. The lowest BCUT2D eigenvalue weighted by atomic mass is 10.1. The van der Waals surface area contributed by atoms with Gasteiger partial charge in [0.25, 0.3) is 5.56 Å². The summed E-state index contributed by atoms with van der Waals surface area (Å²) in [6, 6.07) is 20.5. The molecule has 5 rings (SSSR count). The van der Waals surface area contributed by atoms with Crippen LogP contribution in [-0.2, 0) is 17.9 Å². The fourth-order valence-electron chi connectivity index (χ4n) is 4.23. The number of aryl methyl sites for hydroxylation is 1. The van der Waals surface area contributed by atoms with Gasteiger partial charge in [-0.05, 0) is 61.0 Å². The van der Waals surface area contributed by atoms with Crippen molar-refractivity contribution in [2.24, 2.45) is 0 Å². The number of benzene rings is 3. The van der Waals surface area contributed by atoms with Crippen molar-refractivity contribution in [1.82, 2.24) is 4.57 Å². The fourth-order valence-corrected chi connectivity index (χ4v) is 4.23. The number of amides is 1. The van der Waals surface area contributed by atoms with Crippen LogP contribution in [0.4, 0.5) is 11.4 Å². The molecular weight excluding hydrogens is 458 g/mol. The summed E-state index contributed by atoms with van der Waals surface area (Å²) < 4.78 is 18.2. The van der Waals surface area contributed by atoms with Crippen LogP contribution < -0.4 is 30.4 Å². The second-order valence-corrected chi connectivity index (χ2v) is 8.62. The molecule has 0 unspecified atom stereocenters. The van der Waals surface area contributed by atoms with Crippen molar-refractivity contribution < 1.29 is 19.0 Å². The lowest BCUT2D eigenvalue weighted by Gasteiger charge is -2.21. The second kappa shape index (κ2) is 10.0. The van der Waals surface area contributed by atoms with Crippen LogP contribution in [0.2, 0.25) is 0 Å². The number of rotatable bonds is 7. The van der Waals surface area contributed by atoms with Crippen LogP contribution in [0.25, 0.3) is 10.9 Å². The summed E-state index contributed by atoms with van der Waals surface area (Å²) in [5.41, 5.74) is 3.45. The Morgan fingerprint density at radius 1 is 0.972 bits per heavy atom. The van der Waals surface area contributed by atoms with Gasteiger partial charge in [0, 0.05) is 34.9 Å². The smallest absolute Gasteiger partial charge is 0.256 e. The summed E-state index contributed by atoms with van der Waals surface area (Å²) in [6.07, 6.45) is 0. The van der Waals surface area contributed by atoms with Gasteiger partial charge < -0.3 is 24.8 Å². The molecule has 0 fully saturated rings. The van der Waals surface area contributed by atoms with E-state index in [1.54, 1.807) is 13.2 Å². The summed E-state index contributed by atoms with van der Waals surface area (Å²) in [4.78, 5) is 26.5. The van der Waals surface area contributed by atoms with Gasteiger partial charge in [0.1, 0.15) is 25.5 Å². The molecule has 8 heteroatoms. The molecule has 36 heavy (non-hydrogen) atoms. The Labute approximate surface area is 208 Å². The van der Waals surface area contributed by atoms with Gasteiger partial charge in [0.2, 0.25) is 5.91 Å². The molecule has 8 nitrogen and oxygen atoms in total. The number of aromatic nitrogens is 1. The number of ether oxygens (including phenoxy) is 3. The van der Waals surface area contributed by atoms with Crippen LogP contribution in [0.5, 0.6) is 17.2 Å². The molecule has 0 atom stereocenters. The minimum absolute atomic E-state index is 0.140. The van der Waals surface area contributed by atoms with E-state index in [9.17, 15) is 9.59 Å². The van der Waals surface area contributed by atoms with E-state index >= 15 is 0 Å². The number of carbonyl (C=O) groups is 1. The molecule has 1 aliphatic rings. The van der Waals surface area contributed by atoms with Crippen molar-refractivity contribution in [1.29, 1.82) is 0 Å². The predicted octanol–water partition coefficient (Wildman–Crippen LogP) is 4.34. The molecule has 0 bridgehead atoms. The third kappa shape index (κ3) is 4.98. The van der Waals surface area contributed by atoms with E-state index in [1.165, 1.54) is 4.57 Å². The zero-order valence-corrected chi connectivity index (χ0v) is 20.2. The normalized spacial score (nSPS) is 12.3. The second-order valence-electron chi connectivity index (χ2n) is 8.62. The average molecular weight is 486 g/mol. The van der Waals surface area contributed by atoms with Crippen molar-refractivity contribution in [3.05, 3.63) is 88.2 Å². The first-order valence-corrected chi connectivity index (χ1v) is 11.7. The molecule has 2 N–H and O–H groups in total. The highest BCUT2D eigenvalue weighted by Crippen LogP contribution is 2.34. The highest BCUT2D eigenvalue weighted by atomic mass is 16.6. The minimum atomic E-state index is -0.292. The Morgan fingerprint density at radius 2 is 1.72 bits per heavy atom. The fraction of sp³-hybridized carbons (Fsp3) is 0.214. The van der Waals surface area contributed by atoms with Crippen LogP contribution in [0.3, 0.4) is 0 Å². The number of hydrogen-bond donors (Lipinski definition) is 2. The first-order chi connectivity index (χ1) is 17.5. The van der Waals surface area contributed by atoms with Gasteiger partial charge >= 0.3 is 0 Å². The molecule has 0 radical (unpaired) electrons. The van der Waals surface area contributed by atoms with Gasteiger partial charge in [-0.3, -0.25) is 14.2 Å². The number of pyridine rings is 1. The van der Waals surface area contributed by atoms with Gasteiger partial charge in [0.05, 0.1) is 12.6 Å². The van der Waals surface area contributed by atoms with Crippen molar-refractivity contribution >= 4 is 28.2 Å². The third-order valence-electron chi connectivity index (χ3n) is 6.01. The van der Waals surface area contributed by atoms with E-state index in [0.717, 1.165) is 22.4 Å². The number of methoxy groups -OCH3 is 1. The number of anilines is 2. The van der Waals surface area contributed by atoms with Crippen molar-refractivity contribution in [3.8, 4) is 17.2 Å². The quantitative estimate of drug-likeness (QED) is 0.405. The van der Waals surface area contributed by atoms with Crippen molar-refractivity contribution in [3.63, 3.8) is 0 Å². The molecule has 1 aliphatic heterocycles. The lowest BCUT2D eigenvalue weighted by molar-refractivity contribution is -0.116.